The van der Waals surface area contributed by atoms with Gasteiger partial charge in [-0.2, -0.15) is 13.2 Å². The maximum absolute atomic E-state index is 13.1. The number of halogens is 3. The van der Waals surface area contributed by atoms with Gasteiger partial charge in [0.2, 0.25) is 0 Å². The molecule has 0 saturated heterocycles. The highest BCUT2D eigenvalue weighted by atomic mass is 19.4. The topological polar surface area (TPSA) is 87.7 Å². The molecule has 0 bridgehead atoms. The van der Waals surface area contributed by atoms with Crippen LogP contribution in [0.1, 0.15) is 68.1 Å². The molecule has 0 spiro atoms. The van der Waals surface area contributed by atoms with Crippen LogP contribution in [-0.2, 0) is 15.7 Å². The molecule has 0 saturated carbocycles. The zero-order chi connectivity index (χ0) is 27.3. The van der Waals surface area contributed by atoms with Gasteiger partial charge in [0.05, 0.1) is 23.3 Å². The van der Waals surface area contributed by atoms with Crippen molar-refractivity contribution in [3.05, 3.63) is 76.5 Å². The first-order valence-electron chi connectivity index (χ1n) is 12.0. The molecule has 198 valence electrons. The Hall–Kier alpha value is -3.82. The Balaban J connectivity index is 1.93. The molecule has 37 heavy (non-hydrogen) atoms. The molecule has 10 heteroatoms. The van der Waals surface area contributed by atoms with Crippen molar-refractivity contribution in [3.8, 4) is 0 Å². The van der Waals surface area contributed by atoms with Crippen molar-refractivity contribution in [2.45, 2.75) is 58.9 Å². The molecule has 3 amide bonds. The predicted octanol–water partition coefficient (Wildman–Crippen LogP) is 6.05. The van der Waals surface area contributed by atoms with Crippen LogP contribution in [0, 0.1) is 0 Å². The molecule has 0 radical (unpaired) electrons. The number of nitrogens with one attached hydrogen (secondary N) is 2. The van der Waals surface area contributed by atoms with Gasteiger partial charge in [-0.25, -0.2) is 9.59 Å². The predicted molar refractivity (Wildman–Crippen MR) is 133 cm³/mol. The van der Waals surface area contributed by atoms with E-state index < -0.39 is 29.7 Å². The number of ether oxygens (including phenoxy) is 1. The van der Waals surface area contributed by atoms with Gasteiger partial charge in [0, 0.05) is 23.5 Å². The van der Waals surface area contributed by atoms with Crippen LogP contribution in [0.3, 0.4) is 0 Å². The van der Waals surface area contributed by atoms with Crippen molar-refractivity contribution in [2.24, 2.45) is 0 Å². The van der Waals surface area contributed by atoms with E-state index in [9.17, 15) is 27.6 Å². The fourth-order valence-corrected chi connectivity index (χ4v) is 3.99. The number of nitrogens with zero attached hydrogens (tertiary/aromatic N) is 1. The second-order valence-electron chi connectivity index (χ2n) is 9.00. The molecule has 3 rings (SSSR count). The lowest BCUT2D eigenvalue weighted by Gasteiger charge is -2.35. The lowest BCUT2D eigenvalue weighted by atomic mass is 9.94. The Morgan fingerprint density at radius 1 is 1.14 bits per heavy atom. The summed E-state index contributed by atoms with van der Waals surface area (Å²) in [6.45, 7) is 7.58. The number of carbonyl (C=O) groups excluding carboxylic acids is 3. The Morgan fingerprint density at radius 3 is 2.49 bits per heavy atom. The summed E-state index contributed by atoms with van der Waals surface area (Å²) in [7, 11) is 0. The molecule has 2 aromatic carbocycles. The first kappa shape index (κ1) is 27.8. The molecule has 0 aromatic heterocycles. The number of hydrogen-bond donors (Lipinski definition) is 2. The van der Waals surface area contributed by atoms with Crippen molar-refractivity contribution in [3.63, 3.8) is 0 Å². The molecule has 0 aliphatic carbocycles. The molecule has 1 unspecified atom stereocenters. The number of amides is 3. The van der Waals surface area contributed by atoms with E-state index in [-0.39, 0.29) is 29.0 Å². The van der Waals surface area contributed by atoms with E-state index in [0.29, 0.717) is 17.8 Å². The number of allylic oxidation sites excluding steroid dienone is 1. The van der Waals surface area contributed by atoms with E-state index >= 15 is 0 Å². The summed E-state index contributed by atoms with van der Waals surface area (Å²) in [5, 5.41) is 5.44. The average molecular weight is 518 g/mol. The van der Waals surface area contributed by atoms with Crippen molar-refractivity contribution < 1.29 is 32.3 Å². The smallest absolute Gasteiger partial charge is 0.416 e. The summed E-state index contributed by atoms with van der Waals surface area (Å²) >= 11 is 0. The van der Waals surface area contributed by atoms with Gasteiger partial charge in [-0.05, 0) is 63.1 Å². The van der Waals surface area contributed by atoms with Crippen molar-refractivity contribution >= 4 is 23.6 Å². The molecular formula is C27H30F3N3O4. The number of hydrogen-bond acceptors (Lipinski definition) is 4. The first-order valence-corrected chi connectivity index (χ1v) is 12.0. The van der Waals surface area contributed by atoms with E-state index in [1.165, 1.54) is 11.0 Å². The molecule has 0 fully saturated rings. The highest BCUT2D eigenvalue weighted by Gasteiger charge is 2.36. The van der Waals surface area contributed by atoms with Crippen molar-refractivity contribution in [1.29, 1.82) is 0 Å². The normalized spacial score (nSPS) is 16.1. The van der Waals surface area contributed by atoms with Crippen LogP contribution in [0.2, 0.25) is 0 Å². The van der Waals surface area contributed by atoms with Crippen LogP contribution in [-0.4, -0.2) is 35.5 Å². The lowest BCUT2D eigenvalue weighted by molar-refractivity contribution is -0.143. The highest BCUT2D eigenvalue weighted by molar-refractivity contribution is 6.04. The summed E-state index contributed by atoms with van der Waals surface area (Å²) in [5.41, 5.74) is 0.448. The van der Waals surface area contributed by atoms with E-state index in [1.807, 2.05) is 6.92 Å². The number of esters is 1. The lowest BCUT2D eigenvalue weighted by Crippen LogP contribution is -2.48. The third-order valence-electron chi connectivity index (χ3n) is 5.82. The van der Waals surface area contributed by atoms with Crippen molar-refractivity contribution in [2.75, 3.05) is 11.9 Å². The fourth-order valence-electron chi connectivity index (χ4n) is 3.99. The van der Waals surface area contributed by atoms with Gasteiger partial charge in [0.25, 0.3) is 5.91 Å². The molecule has 2 N–H and O–H groups in total. The molecule has 1 aliphatic heterocycles. The average Bonchev–Trinajstić information content (AvgIpc) is 2.82. The quantitative estimate of drug-likeness (QED) is 0.418. The summed E-state index contributed by atoms with van der Waals surface area (Å²) < 4.78 is 44.6. The second kappa shape index (κ2) is 11.5. The largest absolute Gasteiger partial charge is 0.459 e. The molecule has 1 aliphatic rings. The number of alkyl halides is 3. The van der Waals surface area contributed by atoms with E-state index in [4.69, 9.17) is 4.74 Å². The summed E-state index contributed by atoms with van der Waals surface area (Å²) in [6.07, 6.45) is -3.35. The van der Waals surface area contributed by atoms with Crippen molar-refractivity contribution in [1.82, 2.24) is 10.2 Å². The van der Waals surface area contributed by atoms with Crippen LogP contribution in [0.5, 0.6) is 0 Å². The zero-order valence-corrected chi connectivity index (χ0v) is 21.1. The number of carbonyl (C=O) groups is 3. The summed E-state index contributed by atoms with van der Waals surface area (Å²) in [4.78, 5) is 40.2. The number of unbranched alkanes of at least 4 members (excludes halogenated alkanes) is 1. The van der Waals surface area contributed by atoms with Gasteiger partial charge in [0.15, 0.2) is 0 Å². The van der Waals surface area contributed by atoms with Crippen LogP contribution in [0.25, 0.3) is 0 Å². The highest BCUT2D eigenvalue weighted by Crippen LogP contribution is 2.33. The van der Waals surface area contributed by atoms with Gasteiger partial charge in [-0.15, -0.1) is 0 Å². The molecule has 7 nitrogen and oxygen atoms in total. The Kier molecular flexibility index (Phi) is 8.62. The minimum absolute atomic E-state index is 0.158. The van der Waals surface area contributed by atoms with Gasteiger partial charge in [-0.3, -0.25) is 9.69 Å². The van der Waals surface area contributed by atoms with Gasteiger partial charge < -0.3 is 15.4 Å². The van der Waals surface area contributed by atoms with E-state index in [1.54, 1.807) is 45.0 Å². The molecular weight excluding hydrogens is 487 g/mol. The Bertz CT molecular complexity index is 1210. The number of rotatable bonds is 8. The van der Waals surface area contributed by atoms with Gasteiger partial charge in [-0.1, -0.05) is 31.5 Å². The standard InChI is InChI=1S/C27H30F3N3O4/c1-5-6-13-33-17(4)22(25(35)37-16(2)3)23(32-26(33)36)18-9-8-12-21(15-18)31-24(34)19-10-7-11-20(14-19)27(28,29)30/h7-12,14-16,23H,5-6,13H2,1-4H3,(H,31,34)(H,32,36). The van der Waals surface area contributed by atoms with Gasteiger partial charge in [0.1, 0.15) is 0 Å². The molecule has 1 atom stereocenters. The fraction of sp³-hybridized carbons (Fsp3) is 0.370. The monoisotopic (exact) mass is 517 g/mol. The minimum Gasteiger partial charge on any atom is -0.459 e. The summed E-state index contributed by atoms with van der Waals surface area (Å²) in [6, 6.07) is 9.33. The van der Waals surface area contributed by atoms with Crippen LogP contribution >= 0.6 is 0 Å². The third-order valence-corrected chi connectivity index (χ3v) is 5.82. The Labute approximate surface area is 213 Å². The second-order valence-corrected chi connectivity index (χ2v) is 9.00. The van der Waals surface area contributed by atoms with Crippen LogP contribution < -0.4 is 10.6 Å². The Morgan fingerprint density at radius 2 is 1.84 bits per heavy atom. The maximum atomic E-state index is 13.1. The zero-order valence-electron chi connectivity index (χ0n) is 21.1. The summed E-state index contributed by atoms with van der Waals surface area (Å²) in [5.74, 6) is -1.30. The maximum Gasteiger partial charge on any atom is 0.416 e. The molecule has 1 heterocycles. The minimum atomic E-state index is -4.58. The number of urea groups is 1. The van der Waals surface area contributed by atoms with Crippen LogP contribution in [0.4, 0.5) is 23.7 Å². The van der Waals surface area contributed by atoms with E-state index in [0.717, 1.165) is 31.0 Å². The number of anilines is 1. The SMILES string of the molecule is CCCCN1C(=O)NC(c2cccc(NC(=O)c3cccc(C(F)(F)F)c3)c2)C(C(=O)OC(C)C)=C1C. The van der Waals surface area contributed by atoms with Crippen LogP contribution in [0.15, 0.2) is 59.8 Å². The number of benzene rings is 2. The van der Waals surface area contributed by atoms with Gasteiger partial charge >= 0.3 is 18.2 Å². The molecule has 2 aromatic rings. The van der Waals surface area contributed by atoms with E-state index in [2.05, 4.69) is 10.6 Å². The first-order chi connectivity index (χ1) is 17.4. The third kappa shape index (κ3) is 6.69.